The Labute approximate surface area is 124 Å². The lowest BCUT2D eigenvalue weighted by atomic mass is 10.1. The van der Waals surface area contributed by atoms with Crippen LogP contribution in [0.25, 0.3) is 0 Å². The fourth-order valence-electron chi connectivity index (χ4n) is 2.41. The van der Waals surface area contributed by atoms with Crippen LogP contribution in [0.15, 0.2) is 18.2 Å². The van der Waals surface area contributed by atoms with E-state index in [2.05, 4.69) is 5.32 Å². The van der Waals surface area contributed by atoms with Crippen LogP contribution in [-0.2, 0) is 14.6 Å². The number of carbonyl (C=O) groups excluding carboxylic acids is 1. The van der Waals surface area contributed by atoms with Crippen LogP contribution < -0.4 is 15.8 Å². The van der Waals surface area contributed by atoms with Crippen LogP contribution in [0, 0.1) is 5.41 Å². The van der Waals surface area contributed by atoms with Crippen molar-refractivity contribution in [1.29, 1.82) is 0 Å². The highest BCUT2D eigenvalue weighted by Crippen LogP contribution is 2.50. The summed E-state index contributed by atoms with van der Waals surface area (Å²) < 4.78 is 27.9. The van der Waals surface area contributed by atoms with Crippen molar-refractivity contribution in [2.45, 2.75) is 19.3 Å². The standard InChI is InChI=1S/C14H20N2O4S/c1-20-10-3-4-11(15)12(7-10)16-13(17)8-14(5-6-14)9-21(2,18)19/h3-4,7H,5-6,8-9,15H2,1-2H3,(H,16,17). The third-order valence-corrected chi connectivity index (χ3v) is 4.73. The molecule has 1 fully saturated rings. The largest absolute Gasteiger partial charge is 0.497 e. The number of carbonyl (C=O) groups is 1. The molecule has 0 heterocycles. The summed E-state index contributed by atoms with van der Waals surface area (Å²) in [6.45, 7) is 0. The molecule has 7 heteroatoms. The molecule has 0 saturated heterocycles. The number of ether oxygens (including phenoxy) is 1. The summed E-state index contributed by atoms with van der Waals surface area (Å²) in [7, 11) is -1.55. The molecule has 1 aliphatic carbocycles. The number of hydrogen-bond acceptors (Lipinski definition) is 5. The van der Waals surface area contributed by atoms with Gasteiger partial charge in [0.1, 0.15) is 15.6 Å². The van der Waals surface area contributed by atoms with Crippen LogP contribution in [0.3, 0.4) is 0 Å². The van der Waals surface area contributed by atoms with Crippen molar-refractivity contribution in [3.63, 3.8) is 0 Å². The summed E-state index contributed by atoms with van der Waals surface area (Å²) in [6, 6.07) is 5.00. The lowest BCUT2D eigenvalue weighted by Crippen LogP contribution is -2.23. The lowest BCUT2D eigenvalue weighted by Gasteiger charge is -2.15. The Kier molecular flexibility index (Phi) is 4.13. The molecule has 6 nitrogen and oxygen atoms in total. The summed E-state index contributed by atoms with van der Waals surface area (Å²) in [5.74, 6) is 0.425. The van der Waals surface area contributed by atoms with Crippen molar-refractivity contribution in [3.8, 4) is 5.75 Å². The molecule has 0 aromatic heterocycles. The molecule has 1 amide bonds. The molecule has 1 aromatic rings. The zero-order valence-electron chi connectivity index (χ0n) is 12.2. The van der Waals surface area contributed by atoms with Crippen molar-refractivity contribution in [2.75, 3.05) is 30.2 Å². The number of anilines is 2. The number of nitrogen functional groups attached to an aromatic ring is 1. The molecule has 1 aromatic carbocycles. The number of methoxy groups -OCH3 is 1. The Morgan fingerprint density at radius 2 is 2.10 bits per heavy atom. The summed E-state index contributed by atoms with van der Waals surface area (Å²) >= 11 is 0. The van der Waals surface area contributed by atoms with E-state index in [0.717, 1.165) is 12.8 Å². The third kappa shape index (κ3) is 4.35. The minimum absolute atomic E-state index is 0.0566. The first-order valence-electron chi connectivity index (χ1n) is 6.64. The first-order chi connectivity index (χ1) is 9.73. The number of rotatable bonds is 6. The molecule has 0 aliphatic heterocycles. The molecule has 0 bridgehead atoms. The van der Waals surface area contributed by atoms with Crippen LogP contribution >= 0.6 is 0 Å². The molecule has 116 valence electrons. The highest BCUT2D eigenvalue weighted by atomic mass is 32.2. The van der Waals surface area contributed by atoms with E-state index in [1.165, 1.54) is 13.4 Å². The van der Waals surface area contributed by atoms with Gasteiger partial charge >= 0.3 is 0 Å². The van der Waals surface area contributed by atoms with Crippen molar-refractivity contribution >= 4 is 27.1 Å². The third-order valence-electron chi connectivity index (χ3n) is 3.60. The van der Waals surface area contributed by atoms with E-state index in [1.54, 1.807) is 18.2 Å². The molecule has 0 spiro atoms. The Balaban J connectivity index is 2.02. The van der Waals surface area contributed by atoms with Gasteiger partial charge in [0, 0.05) is 18.7 Å². The highest BCUT2D eigenvalue weighted by molar-refractivity contribution is 7.90. The number of sulfone groups is 1. The topological polar surface area (TPSA) is 98.5 Å². The molecule has 3 N–H and O–H groups in total. The van der Waals surface area contributed by atoms with Crippen molar-refractivity contribution in [3.05, 3.63) is 18.2 Å². The minimum atomic E-state index is -3.08. The van der Waals surface area contributed by atoms with Crippen molar-refractivity contribution in [1.82, 2.24) is 0 Å². The maximum Gasteiger partial charge on any atom is 0.225 e. The van der Waals surface area contributed by atoms with Crippen LogP contribution in [0.2, 0.25) is 0 Å². The van der Waals surface area contributed by atoms with E-state index in [1.807, 2.05) is 0 Å². The van der Waals surface area contributed by atoms with Crippen LogP contribution in [-0.4, -0.2) is 33.4 Å². The Bertz CT molecular complexity index is 651. The van der Waals surface area contributed by atoms with Gasteiger partial charge in [-0.3, -0.25) is 4.79 Å². The van der Waals surface area contributed by atoms with E-state index in [9.17, 15) is 13.2 Å². The van der Waals surface area contributed by atoms with Gasteiger partial charge in [0.15, 0.2) is 0 Å². The monoisotopic (exact) mass is 312 g/mol. The van der Waals surface area contributed by atoms with Gasteiger partial charge in [-0.05, 0) is 30.4 Å². The van der Waals surface area contributed by atoms with E-state index in [0.29, 0.717) is 17.1 Å². The highest BCUT2D eigenvalue weighted by Gasteiger charge is 2.46. The molecule has 2 rings (SSSR count). The van der Waals surface area contributed by atoms with E-state index >= 15 is 0 Å². The van der Waals surface area contributed by atoms with Gasteiger partial charge in [-0.1, -0.05) is 0 Å². The Morgan fingerprint density at radius 1 is 1.43 bits per heavy atom. The molecule has 1 saturated carbocycles. The Morgan fingerprint density at radius 3 is 2.62 bits per heavy atom. The average molecular weight is 312 g/mol. The van der Waals surface area contributed by atoms with Crippen LogP contribution in [0.1, 0.15) is 19.3 Å². The number of hydrogen-bond donors (Lipinski definition) is 2. The predicted octanol–water partition coefficient (Wildman–Crippen LogP) is 1.43. The van der Waals surface area contributed by atoms with E-state index < -0.39 is 15.3 Å². The summed E-state index contributed by atoms with van der Waals surface area (Å²) in [6.07, 6.45) is 2.92. The van der Waals surface area contributed by atoms with Gasteiger partial charge in [-0.2, -0.15) is 0 Å². The normalized spacial score (nSPS) is 16.3. The first-order valence-corrected chi connectivity index (χ1v) is 8.70. The molecule has 0 atom stereocenters. The zero-order chi connectivity index (χ0) is 15.7. The first kappa shape index (κ1) is 15.6. The van der Waals surface area contributed by atoms with Gasteiger partial charge in [-0.15, -0.1) is 0 Å². The van der Waals surface area contributed by atoms with Crippen LogP contribution in [0.4, 0.5) is 11.4 Å². The Hall–Kier alpha value is -1.76. The number of nitrogens with two attached hydrogens (primary N) is 1. The molecule has 1 aliphatic rings. The lowest BCUT2D eigenvalue weighted by molar-refractivity contribution is -0.117. The van der Waals surface area contributed by atoms with Gasteiger partial charge < -0.3 is 15.8 Å². The number of amides is 1. The average Bonchev–Trinajstić information content (AvgIpc) is 3.08. The SMILES string of the molecule is COc1ccc(N)c(NC(=O)CC2(CS(C)(=O)=O)CC2)c1. The molecular weight excluding hydrogens is 292 g/mol. The molecule has 0 radical (unpaired) electrons. The quantitative estimate of drug-likeness (QED) is 0.774. The van der Waals surface area contributed by atoms with Crippen molar-refractivity contribution < 1.29 is 17.9 Å². The fourth-order valence-corrected chi connectivity index (χ4v) is 3.91. The predicted molar refractivity (Wildman–Crippen MR) is 82.0 cm³/mol. The van der Waals surface area contributed by atoms with Crippen molar-refractivity contribution in [2.24, 2.45) is 5.41 Å². The van der Waals surface area contributed by atoms with Gasteiger partial charge in [-0.25, -0.2) is 8.42 Å². The minimum Gasteiger partial charge on any atom is -0.497 e. The van der Waals surface area contributed by atoms with E-state index in [-0.39, 0.29) is 18.1 Å². The second kappa shape index (κ2) is 5.55. The second-order valence-electron chi connectivity index (χ2n) is 5.75. The second-order valence-corrected chi connectivity index (χ2v) is 7.89. The maximum absolute atomic E-state index is 12.1. The summed E-state index contributed by atoms with van der Waals surface area (Å²) in [4.78, 5) is 12.1. The smallest absolute Gasteiger partial charge is 0.225 e. The zero-order valence-corrected chi connectivity index (χ0v) is 13.0. The van der Waals surface area contributed by atoms with Crippen LogP contribution in [0.5, 0.6) is 5.75 Å². The van der Waals surface area contributed by atoms with E-state index in [4.69, 9.17) is 10.5 Å². The van der Waals surface area contributed by atoms with Gasteiger partial charge in [0.05, 0.1) is 24.2 Å². The molecule has 21 heavy (non-hydrogen) atoms. The van der Waals surface area contributed by atoms with Gasteiger partial charge in [0.2, 0.25) is 5.91 Å². The summed E-state index contributed by atoms with van der Waals surface area (Å²) in [5.41, 5.74) is 6.33. The summed E-state index contributed by atoms with van der Waals surface area (Å²) in [5, 5.41) is 2.73. The molecular formula is C14H20N2O4S. The number of benzene rings is 1. The maximum atomic E-state index is 12.1. The molecule has 0 unspecified atom stereocenters. The number of nitrogens with one attached hydrogen (secondary N) is 1. The van der Waals surface area contributed by atoms with Gasteiger partial charge in [0.25, 0.3) is 0 Å². The fraction of sp³-hybridized carbons (Fsp3) is 0.500.